The largest absolute Gasteiger partial charge is 0.481 e. The van der Waals surface area contributed by atoms with Crippen LogP contribution in [0.25, 0.3) is 0 Å². The minimum atomic E-state index is -0.779. The molecule has 0 unspecified atom stereocenters. The smallest absolute Gasteiger partial charge is 0.305 e. The van der Waals surface area contributed by atoms with E-state index in [1.54, 1.807) is 6.07 Å². The molecule has 0 spiro atoms. The summed E-state index contributed by atoms with van der Waals surface area (Å²) in [4.78, 5) is 19.3. The lowest BCUT2D eigenvalue weighted by Gasteiger charge is -2.37. The predicted molar refractivity (Wildman–Crippen MR) is 74.9 cm³/mol. The van der Waals surface area contributed by atoms with Crippen molar-refractivity contribution in [2.75, 3.05) is 11.9 Å². The molecule has 0 saturated heterocycles. The number of ether oxygens (including phenoxy) is 1. The monoisotopic (exact) mass is 279 g/mol. The summed E-state index contributed by atoms with van der Waals surface area (Å²) >= 11 is 0. The lowest BCUT2D eigenvalue weighted by molar-refractivity contribution is -0.138. The summed E-state index contributed by atoms with van der Waals surface area (Å²) in [6.45, 7) is 2.43. The summed E-state index contributed by atoms with van der Waals surface area (Å²) in [7, 11) is 0. The van der Waals surface area contributed by atoms with Gasteiger partial charge in [0.15, 0.2) is 0 Å². The van der Waals surface area contributed by atoms with E-state index in [1.807, 2.05) is 6.92 Å². The molecular weight excluding hydrogens is 258 g/mol. The number of anilines is 1. The molecule has 1 saturated carbocycles. The van der Waals surface area contributed by atoms with Gasteiger partial charge in [0.1, 0.15) is 12.1 Å². The van der Waals surface area contributed by atoms with Gasteiger partial charge in [-0.1, -0.05) is 19.3 Å². The molecule has 0 atom stereocenters. The first-order valence-corrected chi connectivity index (χ1v) is 7.08. The fourth-order valence-electron chi connectivity index (χ4n) is 2.77. The molecule has 0 radical (unpaired) electrons. The number of rotatable bonds is 6. The van der Waals surface area contributed by atoms with Gasteiger partial charge in [0.2, 0.25) is 5.88 Å². The number of nitrogens with zero attached hydrogens (tertiary/aromatic N) is 2. The first-order valence-electron chi connectivity index (χ1n) is 7.08. The van der Waals surface area contributed by atoms with Crippen molar-refractivity contribution in [1.29, 1.82) is 0 Å². The predicted octanol–water partition coefficient (Wildman–Crippen LogP) is 2.46. The van der Waals surface area contributed by atoms with Crippen LogP contribution in [-0.2, 0) is 4.79 Å². The van der Waals surface area contributed by atoms with Crippen molar-refractivity contribution < 1.29 is 14.6 Å². The summed E-state index contributed by atoms with van der Waals surface area (Å²) in [6, 6.07) is 1.72. The van der Waals surface area contributed by atoms with E-state index in [1.165, 1.54) is 6.33 Å². The van der Waals surface area contributed by atoms with E-state index in [0.717, 1.165) is 32.1 Å². The first kappa shape index (κ1) is 14.6. The maximum absolute atomic E-state index is 11.1. The molecule has 1 heterocycles. The zero-order valence-corrected chi connectivity index (χ0v) is 11.8. The van der Waals surface area contributed by atoms with Crippen molar-refractivity contribution in [2.24, 2.45) is 0 Å². The summed E-state index contributed by atoms with van der Waals surface area (Å²) < 4.78 is 5.34. The third-order valence-electron chi connectivity index (χ3n) is 3.63. The minimum absolute atomic E-state index is 0.112. The van der Waals surface area contributed by atoms with E-state index in [4.69, 9.17) is 9.84 Å². The molecule has 6 nitrogen and oxygen atoms in total. The van der Waals surface area contributed by atoms with E-state index in [0.29, 0.717) is 18.3 Å². The molecule has 1 fully saturated rings. The third-order valence-corrected chi connectivity index (χ3v) is 3.63. The molecule has 1 aliphatic carbocycles. The van der Waals surface area contributed by atoms with Crippen LogP contribution < -0.4 is 10.1 Å². The molecule has 20 heavy (non-hydrogen) atoms. The fraction of sp³-hybridized carbons (Fsp3) is 0.643. The SMILES string of the molecule is CCOc1cc(NC2(CC(=O)O)CCCCC2)ncn1. The standard InChI is InChI=1S/C14H21N3O3/c1-2-20-12-8-11(15-10-16-12)17-14(9-13(18)19)6-4-3-5-7-14/h8,10H,2-7,9H2,1H3,(H,18,19)(H,15,16,17). The van der Waals surface area contributed by atoms with Gasteiger partial charge in [-0.25, -0.2) is 9.97 Å². The lowest BCUT2D eigenvalue weighted by atomic mass is 9.79. The fourth-order valence-corrected chi connectivity index (χ4v) is 2.77. The van der Waals surface area contributed by atoms with Gasteiger partial charge < -0.3 is 15.2 Å². The Morgan fingerprint density at radius 1 is 1.40 bits per heavy atom. The van der Waals surface area contributed by atoms with Crippen LogP contribution in [0.4, 0.5) is 5.82 Å². The average Bonchev–Trinajstić information content (AvgIpc) is 2.39. The molecule has 6 heteroatoms. The summed E-state index contributed by atoms with van der Waals surface area (Å²) in [5.74, 6) is 0.358. The number of carboxylic acid groups (broad SMARTS) is 1. The molecule has 2 N–H and O–H groups in total. The van der Waals surface area contributed by atoms with Crippen LogP contribution >= 0.6 is 0 Å². The normalized spacial score (nSPS) is 17.4. The number of aromatic nitrogens is 2. The number of hydrogen-bond acceptors (Lipinski definition) is 5. The van der Waals surface area contributed by atoms with E-state index in [2.05, 4.69) is 15.3 Å². The molecule has 2 rings (SSSR count). The molecule has 0 aliphatic heterocycles. The maximum atomic E-state index is 11.1. The Hall–Kier alpha value is -1.85. The Labute approximate surface area is 118 Å². The highest BCUT2D eigenvalue weighted by molar-refractivity contribution is 5.69. The molecule has 1 aromatic heterocycles. The van der Waals surface area contributed by atoms with Gasteiger partial charge in [0.25, 0.3) is 0 Å². The Morgan fingerprint density at radius 2 is 2.15 bits per heavy atom. The lowest BCUT2D eigenvalue weighted by Crippen LogP contribution is -2.42. The Bertz CT molecular complexity index is 459. The van der Waals surface area contributed by atoms with Crippen molar-refractivity contribution in [3.8, 4) is 5.88 Å². The molecule has 110 valence electrons. The molecule has 0 aromatic carbocycles. The van der Waals surface area contributed by atoms with Gasteiger partial charge >= 0.3 is 5.97 Å². The Balaban J connectivity index is 2.14. The van der Waals surface area contributed by atoms with Crippen molar-refractivity contribution >= 4 is 11.8 Å². The van der Waals surface area contributed by atoms with Crippen molar-refractivity contribution in [3.05, 3.63) is 12.4 Å². The number of nitrogens with one attached hydrogen (secondary N) is 1. The zero-order chi connectivity index (χ0) is 14.4. The maximum Gasteiger partial charge on any atom is 0.305 e. The van der Waals surface area contributed by atoms with E-state index >= 15 is 0 Å². The number of hydrogen-bond donors (Lipinski definition) is 2. The van der Waals surface area contributed by atoms with Crippen LogP contribution in [-0.4, -0.2) is 33.2 Å². The van der Waals surface area contributed by atoms with Crippen LogP contribution in [0.1, 0.15) is 45.4 Å². The highest BCUT2D eigenvalue weighted by atomic mass is 16.5. The molecular formula is C14H21N3O3. The summed E-state index contributed by atoms with van der Waals surface area (Å²) in [6.07, 6.45) is 6.51. The molecule has 0 amide bonds. The van der Waals surface area contributed by atoms with Gasteiger partial charge in [0, 0.05) is 11.6 Å². The summed E-state index contributed by atoms with van der Waals surface area (Å²) in [5.41, 5.74) is -0.401. The van der Waals surface area contributed by atoms with E-state index < -0.39 is 11.5 Å². The second-order valence-corrected chi connectivity index (χ2v) is 5.21. The average molecular weight is 279 g/mol. The van der Waals surface area contributed by atoms with Crippen molar-refractivity contribution in [1.82, 2.24) is 9.97 Å². The van der Waals surface area contributed by atoms with E-state index in [-0.39, 0.29) is 6.42 Å². The molecule has 0 bridgehead atoms. The summed E-state index contributed by atoms with van der Waals surface area (Å²) in [5, 5.41) is 12.5. The topological polar surface area (TPSA) is 84.3 Å². The zero-order valence-electron chi connectivity index (χ0n) is 11.8. The number of carboxylic acids is 1. The molecule has 1 aromatic rings. The quantitative estimate of drug-likeness (QED) is 0.832. The van der Waals surface area contributed by atoms with Gasteiger partial charge in [-0.2, -0.15) is 0 Å². The van der Waals surface area contributed by atoms with Gasteiger partial charge in [-0.05, 0) is 19.8 Å². The van der Waals surface area contributed by atoms with E-state index in [9.17, 15) is 4.79 Å². The first-order chi connectivity index (χ1) is 9.63. The number of carbonyl (C=O) groups is 1. The van der Waals surface area contributed by atoms with Crippen molar-refractivity contribution in [2.45, 2.75) is 51.0 Å². The van der Waals surface area contributed by atoms with Gasteiger partial charge in [-0.3, -0.25) is 4.79 Å². The van der Waals surface area contributed by atoms with Crippen molar-refractivity contribution in [3.63, 3.8) is 0 Å². The highest BCUT2D eigenvalue weighted by Crippen LogP contribution is 2.34. The van der Waals surface area contributed by atoms with Crippen LogP contribution in [0, 0.1) is 0 Å². The Morgan fingerprint density at radius 3 is 2.80 bits per heavy atom. The highest BCUT2D eigenvalue weighted by Gasteiger charge is 2.34. The van der Waals surface area contributed by atoms with Crippen LogP contribution in [0.3, 0.4) is 0 Å². The number of aliphatic carboxylic acids is 1. The van der Waals surface area contributed by atoms with Crippen LogP contribution in [0.5, 0.6) is 5.88 Å². The second-order valence-electron chi connectivity index (χ2n) is 5.21. The molecule has 1 aliphatic rings. The van der Waals surface area contributed by atoms with Crippen LogP contribution in [0.15, 0.2) is 12.4 Å². The second kappa shape index (κ2) is 6.54. The minimum Gasteiger partial charge on any atom is -0.481 e. The van der Waals surface area contributed by atoms with Gasteiger partial charge in [0.05, 0.1) is 13.0 Å². The van der Waals surface area contributed by atoms with Crippen LogP contribution in [0.2, 0.25) is 0 Å². The third kappa shape index (κ3) is 3.82. The van der Waals surface area contributed by atoms with Gasteiger partial charge in [-0.15, -0.1) is 0 Å². The Kier molecular flexibility index (Phi) is 4.76.